The van der Waals surface area contributed by atoms with Crippen LogP contribution in [0.5, 0.6) is 0 Å². The number of hydrogen-bond acceptors (Lipinski definition) is 3. The molecule has 1 aliphatic rings. The summed E-state index contributed by atoms with van der Waals surface area (Å²) in [5, 5.41) is 3.38. The Morgan fingerprint density at radius 2 is 2.29 bits per heavy atom. The molecule has 0 amide bonds. The monoisotopic (exact) mass is 234 g/mol. The van der Waals surface area contributed by atoms with E-state index in [1.165, 1.54) is 11.1 Å². The smallest absolute Gasteiger partial charge is 0.0896 e. The predicted octanol–water partition coefficient (Wildman–Crippen LogP) is 1.59. The average Bonchev–Trinajstić information content (AvgIpc) is 2.30. The summed E-state index contributed by atoms with van der Waals surface area (Å²) in [6.45, 7) is 4.97. The maximum Gasteiger partial charge on any atom is 0.0896 e. The highest BCUT2D eigenvalue weighted by molar-refractivity contribution is 5.26. The molecule has 1 aromatic carbocycles. The predicted molar refractivity (Wildman–Crippen MR) is 70.2 cm³/mol. The number of rotatable bonds is 3. The van der Waals surface area contributed by atoms with Crippen molar-refractivity contribution in [1.29, 1.82) is 0 Å². The standard InChI is InChI=1S/C14H22N2O/c1-11-5-4-6-12(9-11)14(15-2)13-10-16(3)7-8-17-13/h4-6,9,13-15H,7-8,10H2,1-3H3. The van der Waals surface area contributed by atoms with Crippen LogP contribution in [0, 0.1) is 6.92 Å². The molecule has 1 aromatic rings. The van der Waals surface area contributed by atoms with Gasteiger partial charge in [0, 0.05) is 13.1 Å². The molecular weight excluding hydrogens is 212 g/mol. The zero-order chi connectivity index (χ0) is 12.3. The highest BCUT2D eigenvalue weighted by Gasteiger charge is 2.26. The van der Waals surface area contributed by atoms with E-state index in [4.69, 9.17) is 4.74 Å². The van der Waals surface area contributed by atoms with Gasteiger partial charge in [-0.3, -0.25) is 0 Å². The SMILES string of the molecule is CNC(c1cccc(C)c1)C1CN(C)CCO1. The van der Waals surface area contributed by atoms with Gasteiger partial charge in [-0.2, -0.15) is 0 Å². The minimum Gasteiger partial charge on any atom is -0.374 e. The molecule has 1 aliphatic heterocycles. The van der Waals surface area contributed by atoms with Gasteiger partial charge in [0.25, 0.3) is 0 Å². The quantitative estimate of drug-likeness (QED) is 0.859. The fourth-order valence-electron chi connectivity index (χ4n) is 2.44. The van der Waals surface area contributed by atoms with Gasteiger partial charge in [0.1, 0.15) is 0 Å². The molecule has 1 heterocycles. The molecule has 17 heavy (non-hydrogen) atoms. The third kappa shape index (κ3) is 3.06. The summed E-state index contributed by atoms with van der Waals surface area (Å²) >= 11 is 0. The van der Waals surface area contributed by atoms with Crippen molar-refractivity contribution in [2.45, 2.75) is 19.1 Å². The number of ether oxygens (including phenoxy) is 1. The van der Waals surface area contributed by atoms with Crippen molar-refractivity contribution >= 4 is 0 Å². The van der Waals surface area contributed by atoms with Crippen LogP contribution in [0.1, 0.15) is 17.2 Å². The van der Waals surface area contributed by atoms with E-state index in [1.54, 1.807) is 0 Å². The van der Waals surface area contributed by atoms with Gasteiger partial charge >= 0.3 is 0 Å². The van der Waals surface area contributed by atoms with E-state index in [0.717, 1.165) is 19.7 Å². The number of benzene rings is 1. The molecule has 0 radical (unpaired) electrons. The second-order valence-electron chi connectivity index (χ2n) is 4.85. The first-order valence-electron chi connectivity index (χ1n) is 6.24. The van der Waals surface area contributed by atoms with Crippen molar-refractivity contribution in [3.8, 4) is 0 Å². The number of morpholine rings is 1. The molecular formula is C14H22N2O. The molecule has 0 aliphatic carbocycles. The minimum absolute atomic E-state index is 0.237. The van der Waals surface area contributed by atoms with Crippen molar-refractivity contribution in [2.24, 2.45) is 0 Å². The molecule has 2 atom stereocenters. The maximum absolute atomic E-state index is 5.89. The van der Waals surface area contributed by atoms with Gasteiger partial charge in [0.15, 0.2) is 0 Å². The summed E-state index contributed by atoms with van der Waals surface area (Å²) in [5.74, 6) is 0. The summed E-state index contributed by atoms with van der Waals surface area (Å²) in [4.78, 5) is 2.33. The second kappa shape index (κ2) is 5.63. The van der Waals surface area contributed by atoms with Gasteiger partial charge < -0.3 is 15.0 Å². The molecule has 1 saturated heterocycles. The summed E-state index contributed by atoms with van der Waals surface area (Å²) in [6, 6.07) is 8.93. The van der Waals surface area contributed by atoms with Crippen LogP contribution in [-0.4, -0.2) is 44.8 Å². The van der Waals surface area contributed by atoms with Gasteiger partial charge in [0.2, 0.25) is 0 Å². The summed E-state index contributed by atoms with van der Waals surface area (Å²) in [7, 11) is 4.16. The van der Waals surface area contributed by atoms with Gasteiger partial charge in [-0.1, -0.05) is 29.8 Å². The number of hydrogen-bond donors (Lipinski definition) is 1. The first kappa shape index (κ1) is 12.6. The lowest BCUT2D eigenvalue weighted by Gasteiger charge is -2.35. The van der Waals surface area contributed by atoms with Crippen LogP contribution in [0.3, 0.4) is 0 Å². The van der Waals surface area contributed by atoms with Gasteiger partial charge in [-0.05, 0) is 26.6 Å². The van der Waals surface area contributed by atoms with Crippen LogP contribution in [0.15, 0.2) is 24.3 Å². The highest BCUT2D eigenvalue weighted by Crippen LogP contribution is 2.22. The Morgan fingerprint density at radius 1 is 1.47 bits per heavy atom. The normalized spacial score (nSPS) is 23.6. The van der Waals surface area contributed by atoms with E-state index in [9.17, 15) is 0 Å². The average molecular weight is 234 g/mol. The number of nitrogens with zero attached hydrogens (tertiary/aromatic N) is 1. The Hall–Kier alpha value is -0.900. The highest BCUT2D eigenvalue weighted by atomic mass is 16.5. The molecule has 0 bridgehead atoms. The lowest BCUT2D eigenvalue weighted by atomic mass is 9.98. The lowest BCUT2D eigenvalue weighted by Crippen LogP contribution is -2.46. The third-order valence-corrected chi connectivity index (χ3v) is 3.38. The van der Waals surface area contributed by atoms with Gasteiger partial charge in [-0.15, -0.1) is 0 Å². The Balaban J connectivity index is 2.15. The lowest BCUT2D eigenvalue weighted by molar-refractivity contribution is -0.0380. The Kier molecular flexibility index (Phi) is 4.15. The van der Waals surface area contributed by atoms with E-state index in [0.29, 0.717) is 0 Å². The van der Waals surface area contributed by atoms with E-state index in [2.05, 4.69) is 48.5 Å². The zero-order valence-corrected chi connectivity index (χ0v) is 10.9. The Morgan fingerprint density at radius 3 is 2.94 bits per heavy atom. The molecule has 2 unspecified atom stereocenters. The topological polar surface area (TPSA) is 24.5 Å². The van der Waals surface area contributed by atoms with E-state index in [-0.39, 0.29) is 12.1 Å². The van der Waals surface area contributed by atoms with Crippen LogP contribution in [0.4, 0.5) is 0 Å². The van der Waals surface area contributed by atoms with Crippen molar-refractivity contribution in [3.63, 3.8) is 0 Å². The van der Waals surface area contributed by atoms with Crippen molar-refractivity contribution < 1.29 is 4.74 Å². The first-order chi connectivity index (χ1) is 8.20. The summed E-state index contributed by atoms with van der Waals surface area (Å²) < 4.78 is 5.89. The molecule has 1 N–H and O–H groups in total. The summed E-state index contributed by atoms with van der Waals surface area (Å²) in [6.07, 6.45) is 0.237. The molecule has 0 saturated carbocycles. The molecule has 94 valence electrons. The Bertz CT molecular complexity index is 367. The van der Waals surface area contributed by atoms with Crippen molar-refractivity contribution in [1.82, 2.24) is 10.2 Å². The van der Waals surface area contributed by atoms with E-state index >= 15 is 0 Å². The Labute approximate surface area is 104 Å². The van der Waals surface area contributed by atoms with Crippen LogP contribution < -0.4 is 5.32 Å². The van der Waals surface area contributed by atoms with Crippen LogP contribution in [0.25, 0.3) is 0 Å². The van der Waals surface area contributed by atoms with E-state index < -0.39 is 0 Å². The molecule has 2 rings (SSSR count). The number of aryl methyl sites for hydroxylation is 1. The maximum atomic E-state index is 5.89. The van der Waals surface area contributed by atoms with Gasteiger partial charge in [0.05, 0.1) is 18.8 Å². The largest absolute Gasteiger partial charge is 0.374 e. The van der Waals surface area contributed by atoms with Crippen LogP contribution >= 0.6 is 0 Å². The fraction of sp³-hybridized carbons (Fsp3) is 0.571. The minimum atomic E-state index is 0.237. The molecule has 3 nitrogen and oxygen atoms in total. The zero-order valence-electron chi connectivity index (χ0n) is 10.9. The second-order valence-corrected chi connectivity index (χ2v) is 4.85. The van der Waals surface area contributed by atoms with Crippen molar-refractivity contribution in [3.05, 3.63) is 35.4 Å². The van der Waals surface area contributed by atoms with E-state index in [1.807, 2.05) is 7.05 Å². The molecule has 3 heteroatoms. The molecule has 0 aromatic heterocycles. The first-order valence-corrected chi connectivity index (χ1v) is 6.24. The van der Waals surface area contributed by atoms with Gasteiger partial charge in [-0.25, -0.2) is 0 Å². The van der Waals surface area contributed by atoms with Crippen LogP contribution in [-0.2, 0) is 4.74 Å². The fourth-order valence-corrected chi connectivity index (χ4v) is 2.44. The van der Waals surface area contributed by atoms with Crippen LogP contribution in [0.2, 0.25) is 0 Å². The van der Waals surface area contributed by atoms with Crippen molar-refractivity contribution in [2.75, 3.05) is 33.8 Å². The molecule has 0 spiro atoms. The summed E-state index contributed by atoms with van der Waals surface area (Å²) in [5.41, 5.74) is 2.61. The molecule has 1 fully saturated rings. The number of likely N-dealkylation sites (N-methyl/N-ethyl adjacent to an activating group) is 2. The number of nitrogens with one attached hydrogen (secondary N) is 1. The third-order valence-electron chi connectivity index (χ3n) is 3.38.